The van der Waals surface area contributed by atoms with Crippen LogP contribution in [0.4, 0.5) is 5.69 Å². The van der Waals surface area contributed by atoms with E-state index in [0.29, 0.717) is 40.7 Å². The lowest BCUT2D eigenvalue weighted by Crippen LogP contribution is -2.36. The lowest BCUT2D eigenvalue weighted by molar-refractivity contribution is -0.123. The molecule has 2 fully saturated rings. The van der Waals surface area contributed by atoms with Crippen molar-refractivity contribution < 1.29 is 14.3 Å². The molecular formula is C26H33ClN6O3. The van der Waals surface area contributed by atoms with Crippen LogP contribution in [0.2, 0.25) is 5.02 Å². The van der Waals surface area contributed by atoms with Crippen LogP contribution < -0.4 is 15.4 Å². The summed E-state index contributed by atoms with van der Waals surface area (Å²) in [4.78, 5) is 27.0. The molecule has 1 amide bonds. The van der Waals surface area contributed by atoms with E-state index in [9.17, 15) is 4.79 Å². The molecule has 0 radical (unpaired) electrons. The number of amides is 1. The first kappa shape index (κ1) is 24.8. The second-order valence-electron chi connectivity index (χ2n) is 9.66. The second kappa shape index (κ2) is 11.5. The molecule has 0 spiro atoms. The number of carbonyl (C=O) groups excluding carboxylic acids is 1. The first-order chi connectivity index (χ1) is 17.5. The summed E-state index contributed by atoms with van der Waals surface area (Å²) in [5.41, 5.74) is 3.14. The summed E-state index contributed by atoms with van der Waals surface area (Å²) in [6.45, 7) is 4.31. The number of aromatic nitrogens is 3. The van der Waals surface area contributed by atoms with Crippen LogP contribution in [-0.2, 0) is 9.53 Å². The SMILES string of the molecule is CN1CCC(Nc2c(Cl)cnc3[nH]c(-c4ccc(OCC(=O)NCC5CCOCC5)cc4)nc23)CC1. The van der Waals surface area contributed by atoms with Crippen LogP contribution in [0.3, 0.4) is 0 Å². The fourth-order valence-corrected chi connectivity index (χ4v) is 4.87. The Hall–Kier alpha value is -2.88. The number of benzene rings is 1. The summed E-state index contributed by atoms with van der Waals surface area (Å²) in [7, 11) is 2.15. The van der Waals surface area contributed by atoms with Gasteiger partial charge in [0.15, 0.2) is 12.3 Å². The zero-order chi connectivity index (χ0) is 24.9. The molecule has 0 atom stereocenters. The quantitative estimate of drug-likeness (QED) is 0.422. The normalized spacial score (nSPS) is 17.8. The molecule has 36 heavy (non-hydrogen) atoms. The number of carbonyl (C=O) groups is 1. The monoisotopic (exact) mass is 512 g/mol. The Bertz CT molecular complexity index is 1170. The lowest BCUT2D eigenvalue weighted by atomic mass is 10.0. The molecule has 2 aromatic heterocycles. The Labute approximate surface area is 215 Å². The summed E-state index contributed by atoms with van der Waals surface area (Å²) < 4.78 is 11.0. The third-order valence-electron chi connectivity index (χ3n) is 6.96. The van der Waals surface area contributed by atoms with Crippen LogP contribution >= 0.6 is 11.6 Å². The van der Waals surface area contributed by atoms with Gasteiger partial charge in [0.2, 0.25) is 0 Å². The number of rotatable bonds is 8. The van der Waals surface area contributed by atoms with Crippen molar-refractivity contribution >= 4 is 34.4 Å². The lowest BCUT2D eigenvalue weighted by Gasteiger charge is -2.30. The van der Waals surface area contributed by atoms with Crippen molar-refractivity contribution in [3.63, 3.8) is 0 Å². The van der Waals surface area contributed by atoms with Gasteiger partial charge >= 0.3 is 0 Å². The number of pyridine rings is 1. The highest BCUT2D eigenvalue weighted by Crippen LogP contribution is 2.32. The van der Waals surface area contributed by atoms with Crippen molar-refractivity contribution in [3.05, 3.63) is 35.5 Å². The van der Waals surface area contributed by atoms with Crippen molar-refractivity contribution in [1.82, 2.24) is 25.2 Å². The largest absolute Gasteiger partial charge is 0.484 e. The van der Waals surface area contributed by atoms with E-state index in [1.807, 2.05) is 24.3 Å². The average Bonchev–Trinajstić information content (AvgIpc) is 3.35. The second-order valence-corrected chi connectivity index (χ2v) is 10.1. The van der Waals surface area contributed by atoms with Gasteiger partial charge in [0.25, 0.3) is 5.91 Å². The maximum atomic E-state index is 12.2. The van der Waals surface area contributed by atoms with E-state index >= 15 is 0 Å². The van der Waals surface area contributed by atoms with E-state index in [-0.39, 0.29) is 12.5 Å². The molecule has 9 nitrogen and oxygen atoms in total. The molecule has 1 aromatic carbocycles. The molecule has 3 aromatic rings. The number of halogens is 1. The Balaban J connectivity index is 1.20. The van der Waals surface area contributed by atoms with Crippen molar-refractivity contribution in [2.45, 2.75) is 31.7 Å². The Morgan fingerprint density at radius 3 is 2.69 bits per heavy atom. The number of hydrogen-bond donors (Lipinski definition) is 3. The van der Waals surface area contributed by atoms with E-state index in [1.165, 1.54) is 0 Å². The fraction of sp³-hybridized carbons (Fsp3) is 0.500. The van der Waals surface area contributed by atoms with Crippen molar-refractivity contribution in [2.24, 2.45) is 5.92 Å². The molecule has 4 heterocycles. The zero-order valence-electron chi connectivity index (χ0n) is 20.6. The van der Waals surface area contributed by atoms with Gasteiger partial charge in [-0.3, -0.25) is 4.79 Å². The maximum Gasteiger partial charge on any atom is 0.257 e. The predicted octanol–water partition coefficient (Wildman–Crippen LogP) is 3.71. The van der Waals surface area contributed by atoms with Gasteiger partial charge < -0.3 is 30.0 Å². The van der Waals surface area contributed by atoms with Crippen molar-refractivity contribution in [1.29, 1.82) is 0 Å². The maximum absolute atomic E-state index is 12.2. The van der Waals surface area contributed by atoms with Gasteiger partial charge in [-0.25, -0.2) is 9.97 Å². The molecule has 10 heteroatoms. The number of aromatic amines is 1. The van der Waals surface area contributed by atoms with Gasteiger partial charge in [0.05, 0.1) is 16.9 Å². The van der Waals surface area contributed by atoms with E-state index in [2.05, 4.69) is 32.5 Å². The number of likely N-dealkylation sites (tertiary alicyclic amines) is 1. The summed E-state index contributed by atoms with van der Waals surface area (Å²) in [6, 6.07) is 7.87. The minimum atomic E-state index is -0.115. The topological polar surface area (TPSA) is 104 Å². The highest BCUT2D eigenvalue weighted by atomic mass is 35.5. The van der Waals surface area contributed by atoms with E-state index in [0.717, 1.165) is 68.8 Å². The molecule has 3 N–H and O–H groups in total. The smallest absolute Gasteiger partial charge is 0.257 e. The van der Waals surface area contributed by atoms with Crippen LogP contribution in [0, 0.1) is 5.92 Å². The molecule has 5 rings (SSSR count). The third-order valence-corrected chi connectivity index (χ3v) is 7.25. The Morgan fingerprint density at radius 2 is 1.94 bits per heavy atom. The van der Waals surface area contributed by atoms with Crippen LogP contribution in [-0.4, -0.2) is 78.3 Å². The first-order valence-electron chi connectivity index (χ1n) is 12.6. The number of imidazole rings is 1. The molecule has 0 unspecified atom stereocenters. The van der Waals surface area contributed by atoms with Crippen LogP contribution in [0.25, 0.3) is 22.6 Å². The molecule has 192 valence electrons. The summed E-state index contributed by atoms with van der Waals surface area (Å²) in [5, 5.41) is 7.12. The third kappa shape index (κ3) is 6.08. The number of H-pyrrole nitrogens is 1. The molecule has 2 aliphatic heterocycles. The van der Waals surface area contributed by atoms with Gasteiger partial charge in [-0.2, -0.15) is 0 Å². The molecule has 0 aliphatic carbocycles. The molecule has 0 saturated carbocycles. The molecule has 2 aliphatic rings. The van der Waals surface area contributed by atoms with Crippen molar-refractivity contribution in [3.8, 4) is 17.1 Å². The van der Waals surface area contributed by atoms with Crippen LogP contribution in [0.15, 0.2) is 30.5 Å². The number of fused-ring (bicyclic) bond motifs is 1. The molecule has 0 bridgehead atoms. The van der Waals surface area contributed by atoms with Gasteiger partial charge in [-0.1, -0.05) is 11.6 Å². The fourth-order valence-electron chi connectivity index (χ4n) is 4.68. The summed E-state index contributed by atoms with van der Waals surface area (Å²) in [5.74, 6) is 1.69. The molecule has 2 saturated heterocycles. The minimum absolute atomic E-state index is 0.0123. The van der Waals surface area contributed by atoms with Gasteiger partial charge in [0.1, 0.15) is 17.1 Å². The predicted molar refractivity (Wildman–Crippen MR) is 141 cm³/mol. The summed E-state index contributed by atoms with van der Waals surface area (Å²) in [6.07, 6.45) is 5.75. The highest BCUT2D eigenvalue weighted by molar-refractivity contribution is 6.34. The standard InChI is InChI=1S/C26H33ClN6O3/c1-33-10-6-19(7-11-33)30-23-21(27)15-29-26-24(23)31-25(32-26)18-2-4-20(5-3-18)36-16-22(34)28-14-17-8-12-35-13-9-17/h2-5,15,17,19H,6-14,16H2,1H3,(H,28,34)(H2,29,30,31,32). The van der Waals surface area contributed by atoms with Gasteiger partial charge in [-0.05, 0) is 76.0 Å². The Morgan fingerprint density at radius 1 is 1.19 bits per heavy atom. The number of hydrogen-bond acceptors (Lipinski definition) is 7. The zero-order valence-corrected chi connectivity index (χ0v) is 21.3. The van der Waals surface area contributed by atoms with E-state index in [4.69, 9.17) is 26.1 Å². The average molecular weight is 513 g/mol. The highest BCUT2D eigenvalue weighted by Gasteiger charge is 2.20. The Kier molecular flexibility index (Phi) is 7.89. The number of anilines is 1. The number of ether oxygens (including phenoxy) is 2. The van der Waals surface area contributed by atoms with Crippen LogP contribution in [0.1, 0.15) is 25.7 Å². The minimum Gasteiger partial charge on any atom is -0.484 e. The molecular weight excluding hydrogens is 480 g/mol. The van der Waals surface area contributed by atoms with Crippen molar-refractivity contribution in [2.75, 3.05) is 51.8 Å². The van der Waals surface area contributed by atoms with E-state index in [1.54, 1.807) is 6.20 Å². The summed E-state index contributed by atoms with van der Waals surface area (Å²) >= 11 is 6.51. The van der Waals surface area contributed by atoms with Gasteiger partial charge in [0, 0.05) is 31.4 Å². The van der Waals surface area contributed by atoms with E-state index < -0.39 is 0 Å². The first-order valence-corrected chi connectivity index (χ1v) is 13.0. The van der Waals surface area contributed by atoms with Crippen LogP contribution in [0.5, 0.6) is 5.75 Å². The number of nitrogens with zero attached hydrogens (tertiary/aromatic N) is 3. The number of nitrogens with one attached hydrogen (secondary N) is 3. The number of piperidine rings is 1. The van der Waals surface area contributed by atoms with Gasteiger partial charge in [-0.15, -0.1) is 0 Å².